The van der Waals surface area contributed by atoms with E-state index < -0.39 is 11.7 Å². The molecule has 0 unspecified atom stereocenters. The molecule has 0 N–H and O–H groups in total. The van der Waals surface area contributed by atoms with Crippen LogP contribution in [0.15, 0.2) is 77.8 Å². The van der Waals surface area contributed by atoms with Crippen LogP contribution in [-0.2, 0) is 19.2 Å². The van der Waals surface area contributed by atoms with Gasteiger partial charge in [0.2, 0.25) is 0 Å². The molecule has 0 aromatic heterocycles. The molecule has 1 heterocycles. The van der Waals surface area contributed by atoms with Crippen molar-refractivity contribution >= 4 is 23.4 Å². The normalized spacial score (nSPS) is 13.7. The SMILES string of the molecule is FC(F)(F)c1cccc(COc2ccc3c(c2)CCN=C3C=Cc2ccccc2Cl)c1. The number of allylic oxidation sites excluding steroid dienone is 1. The Bertz CT molecular complexity index is 1150. The summed E-state index contributed by atoms with van der Waals surface area (Å²) in [6.45, 7) is 0.725. The Kier molecular flexibility index (Phi) is 6.14. The summed E-state index contributed by atoms with van der Waals surface area (Å²) in [7, 11) is 0. The summed E-state index contributed by atoms with van der Waals surface area (Å²) in [5.74, 6) is 0.618. The van der Waals surface area contributed by atoms with Crippen molar-refractivity contribution in [3.63, 3.8) is 0 Å². The van der Waals surface area contributed by atoms with Crippen molar-refractivity contribution in [2.24, 2.45) is 4.99 Å². The zero-order chi connectivity index (χ0) is 21.8. The topological polar surface area (TPSA) is 21.6 Å². The van der Waals surface area contributed by atoms with Crippen molar-refractivity contribution in [1.82, 2.24) is 0 Å². The van der Waals surface area contributed by atoms with Crippen LogP contribution in [0.2, 0.25) is 5.02 Å². The smallest absolute Gasteiger partial charge is 0.416 e. The quantitative estimate of drug-likeness (QED) is 0.418. The van der Waals surface area contributed by atoms with Crippen molar-refractivity contribution in [3.8, 4) is 5.75 Å². The van der Waals surface area contributed by atoms with E-state index in [-0.39, 0.29) is 6.61 Å². The molecule has 158 valence electrons. The zero-order valence-corrected chi connectivity index (χ0v) is 17.3. The average molecular weight is 442 g/mol. The number of hydrogen-bond donors (Lipinski definition) is 0. The van der Waals surface area contributed by atoms with Crippen LogP contribution in [0.5, 0.6) is 5.75 Å². The Balaban J connectivity index is 1.48. The number of nitrogens with zero attached hydrogens (tertiary/aromatic N) is 1. The third kappa shape index (κ3) is 5.17. The van der Waals surface area contributed by atoms with Crippen LogP contribution in [0, 0.1) is 0 Å². The van der Waals surface area contributed by atoms with E-state index in [1.54, 1.807) is 6.07 Å². The summed E-state index contributed by atoms with van der Waals surface area (Å²) >= 11 is 6.21. The van der Waals surface area contributed by atoms with Gasteiger partial charge in [-0.3, -0.25) is 4.99 Å². The van der Waals surface area contributed by atoms with Gasteiger partial charge in [-0.05, 0) is 65.6 Å². The molecule has 31 heavy (non-hydrogen) atoms. The highest BCUT2D eigenvalue weighted by atomic mass is 35.5. The van der Waals surface area contributed by atoms with Crippen LogP contribution < -0.4 is 4.74 Å². The third-order valence-corrected chi connectivity index (χ3v) is 5.35. The van der Waals surface area contributed by atoms with Crippen LogP contribution in [0.4, 0.5) is 13.2 Å². The highest BCUT2D eigenvalue weighted by molar-refractivity contribution is 6.32. The van der Waals surface area contributed by atoms with E-state index in [0.29, 0.717) is 22.9 Å². The predicted molar refractivity (Wildman–Crippen MR) is 118 cm³/mol. The molecule has 0 radical (unpaired) electrons. The Hall–Kier alpha value is -3.05. The Morgan fingerprint density at radius 3 is 2.61 bits per heavy atom. The molecule has 0 spiro atoms. The molecule has 0 saturated heterocycles. The number of hydrogen-bond acceptors (Lipinski definition) is 2. The maximum Gasteiger partial charge on any atom is 0.416 e. The molecule has 3 aromatic rings. The first-order valence-corrected chi connectivity index (χ1v) is 10.2. The molecule has 1 aliphatic rings. The van der Waals surface area contributed by atoms with Gasteiger partial charge in [0.15, 0.2) is 0 Å². The van der Waals surface area contributed by atoms with E-state index in [1.807, 2.05) is 54.6 Å². The Morgan fingerprint density at radius 1 is 0.968 bits per heavy atom. The fourth-order valence-electron chi connectivity index (χ4n) is 3.42. The number of alkyl halides is 3. The molecule has 0 saturated carbocycles. The van der Waals surface area contributed by atoms with Crippen molar-refractivity contribution < 1.29 is 17.9 Å². The van der Waals surface area contributed by atoms with Gasteiger partial charge in [-0.15, -0.1) is 0 Å². The maximum absolute atomic E-state index is 12.9. The summed E-state index contributed by atoms with van der Waals surface area (Å²) in [4.78, 5) is 4.61. The van der Waals surface area contributed by atoms with E-state index in [4.69, 9.17) is 16.3 Å². The lowest BCUT2D eigenvalue weighted by Crippen LogP contribution is -2.11. The van der Waals surface area contributed by atoms with Crippen molar-refractivity contribution in [3.05, 3.63) is 106 Å². The van der Waals surface area contributed by atoms with E-state index in [2.05, 4.69) is 4.99 Å². The number of aliphatic imine (C=N–C) groups is 1. The molecular formula is C25H19ClF3NO. The van der Waals surface area contributed by atoms with Crippen molar-refractivity contribution in [1.29, 1.82) is 0 Å². The minimum Gasteiger partial charge on any atom is -0.489 e. The minimum absolute atomic E-state index is 0.0655. The molecule has 0 aliphatic carbocycles. The van der Waals surface area contributed by atoms with Gasteiger partial charge in [0.25, 0.3) is 0 Å². The van der Waals surface area contributed by atoms with Gasteiger partial charge in [-0.2, -0.15) is 13.2 Å². The number of fused-ring (bicyclic) bond motifs is 1. The molecule has 0 atom stereocenters. The molecule has 0 fully saturated rings. The number of benzene rings is 3. The Morgan fingerprint density at radius 2 is 1.81 bits per heavy atom. The fourth-order valence-corrected chi connectivity index (χ4v) is 3.62. The van der Waals surface area contributed by atoms with Gasteiger partial charge in [0, 0.05) is 17.1 Å². The van der Waals surface area contributed by atoms with Gasteiger partial charge in [-0.25, -0.2) is 0 Å². The second kappa shape index (κ2) is 8.98. The molecule has 0 bridgehead atoms. The van der Waals surface area contributed by atoms with E-state index in [0.717, 1.165) is 41.0 Å². The van der Waals surface area contributed by atoms with E-state index in [9.17, 15) is 13.2 Å². The lowest BCUT2D eigenvalue weighted by molar-refractivity contribution is -0.137. The highest BCUT2D eigenvalue weighted by Crippen LogP contribution is 2.30. The van der Waals surface area contributed by atoms with E-state index in [1.165, 1.54) is 6.07 Å². The first-order valence-electron chi connectivity index (χ1n) is 9.79. The van der Waals surface area contributed by atoms with Crippen LogP contribution in [-0.4, -0.2) is 12.3 Å². The van der Waals surface area contributed by atoms with Crippen molar-refractivity contribution in [2.45, 2.75) is 19.2 Å². The van der Waals surface area contributed by atoms with Gasteiger partial charge < -0.3 is 4.74 Å². The second-order valence-corrected chi connectivity index (χ2v) is 7.58. The fraction of sp³-hybridized carbons (Fsp3) is 0.160. The molecule has 1 aliphatic heterocycles. The molecule has 4 rings (SSSR count). The molecule has 6 heteroatoms. The van der Waals surface area contributed by atoms with Gasteiger partial charge >= 0.3 is 6.18 Å². The average Bonchev–Trinajstić information content (AvgIpc) is 2.76. The number of halogens is 4. The molecule has 3 aromatic carbocycles. The lowest BCUT2D eigenvalue weighted by atomic mass is 9.96. The predicted octanol–water partition coefficient (Wildman–Crippen LogP) is 7.00. The highest BCUT2D eigenvalue weighted by Gasteiger charge is 2.30. The first kappa shape index (κ1) is 21.2. The Labute approximate surface area is 183 Å². The summed E-state index contributed by atoms with van der Waals surface area (Å²) < 4.78 is 44.4. The summed E-state index contributed by atoms with van der Waals surface area (Å²) in [5, 5.41) is 0.675. The van der Waals surface area contributed by atoms with Gasteiger partial charge in [-0.1, -0.05) is 48.0 Å². The summed E-state index contributed by atoms with van der Waals surface area (Å²) in [5.41, 5.74) is 3.68. The first-order chi connectivity index (χ1) is 14.9. The third-order valence-electron chi connectivity index (χ3n) is 5.00. The zero-order valence-electron chi connectivity index (χ0n) is 16.5. The lowest BCUT2D eigenvalue weighted by Gasteiger charge is -2.17. The van der Waals surface area contributed by atoms with Crippen LogP contribution in [0.1, 0.15) is 27.8 Å². The molecule has 0 amide bonds. The van der Waals surface area contributed by atoms with E-state index >= 15 is 0 Å². The number of ether oxygens (including phenoxy) is 1. The molecule has 2 nitrogen and oxygen atoms in total. The second-order valence-electron chi connectivity index (χ2n) is 7.18. The monoisotopic (exact) mass is 441 g/mol. The van der Waals surface area contributed by atoms with Crippen LogP contribution in [0.25, 0.3) is 6.08 Å². The van der Waals surface area contributed by atoms with Crippen LogP contribution in [0.3, 0.4) is 0 Å². The van der Waals surface area contributed by atoms with Gasteiger partial charge in [0.05, 0.1) is 11.3 Å². The van der Waals surface area contributed by atoms with Gasteiger partial charge in [0.1, 0.15) is 12.4 Å². The maximum atomic E-state index is 12.9. The number of rotatable bonds is 5. The van der Waals surface area contributed by atoms with Crippen LogP contribution >= 0.6 is 11.6 Å². The summed E-state index contributed by atoms with van der Waals surface area (Å²) in [6.07, 6.45) is 0.297. The van der Waals surface area contributed by atoms with Crippen molar-refractivity contribution in [2.75, 3.05) is 6.54 Å². The largest absolute Gasteiger partial charge is 0.489 e. The minimum atomic E-state index is -4.37. The molecular weight excluding hydrogens is 423 g/mol. The summed E-state index contributed by atoms with van der Waals surface area (Å²) in [6, 6.07) is 18.5. The standard InChI is InChI=1S/C25H19ClF3NO/c26-23-7-2-1-5-18(23)8-11-24-22-10-9-21(15-19(22)12-13-30-24)31-16-17-4-3-6-20(14-17)25(27,28)29/h1-11,14-15H,12-13,16H2.